The molecule has 0 N–H and O–H groups in total. The second-order valence-corrected chi connectivity index (χ2v) is 6.81. The van der Waals surface area contributed by atoms with Gasteiger partial charge >= 0.3 is 0 Å². The highest BCUT2D eigenvalue weighted by molar-refractivity contribution is 5.71. The van der Waals surface area contributed by atoms with Gasteiger partial charge in [0, 0.05) is 26.2 Å². The predicted molar refractivity (Wildman–Crippen MR) is 82.7 cm³/mol. The molecule has 1 spiro atoms. The summed E-state index contributed by atoms with van der Waals surface area (Å²) in [4.78, 5) is 13.4. The van der Waals surface area contributed by atoms with Crippen LogP contribution in [-0.2, 0) is 6.54 Å². The molecule has 6 nitrogen and oxygen atoms in total. The van der Waals surface area contributed by atoms with Crippen LogP contribution in [0.15, 0.2) is 12.4 Å². The third-order valence-electron chi connectivity index (χ3n) is 5.00. The van der Waals surface area contributed by atoms with Crippen LogP contribution in [0, 0.1) is 5.41 Å². The lowest BCUT2D eigenvalue weighted by atomic mass is 9.72. The van der Waals surface area contributed by atoms with E-state index in [0.29, 0.717) is 16.6 Å². The van der Waals surface area contributed by atoms with E-state index in [4.69, 9.17) is 0 Å². The van der Waals surface area contributed by atoms with Crippen molar-refractivity contribution in [3.8, 4) is 0 Å². The summed E-state index contributed by atoms with van der Waals surface area (Å²) >= 11 is 0. The number of likely N-dealkylation sites (tertiary alicyclic amines) is 1. The molecule has 23 heavy (non-hydrogen) atoms. The van der Waals surface area contributed by atoms with Crippen molar-refractivity contribution in [2.24, 2.45) is 5.41 Å². The van der Waals surface area contributed by atoms with E-state index in [1.165, 1.54) is 24.0 Å². The Hall–Kier alpha value is -1.83. The summed E-state index contributed by atoms with van der Waals surface area (Å²) in [5.41, 5.74) is 1.47. The first kappa shape index (κ1) is 14.7. The second kappa shape index (κ2) is 5.36. The van der Waals surface area contributed by atoms with E-state index in [2.05, 4.69) is 31.9 Å². The third-order valence-corrected chi connectivity index (χ3v) is 5.00. The van der Waals surface area contributed by atoms with Gasteiger partial charge in [-0.25, -0.2) is 23.4 Å². The fourth-order valence-electron chi connectivity index (χ4n) is 3.88. The molecule has 0 atom stereocenters. The Balaban J connectivity index is 1.53. The number of halogens is 2. The molecule has 2 fully saturated rings. The molecule has 4 heterocycles. The van der Waals surface area contributed by atoms with Gasteiger partial charge < -0.3 is 9.80 Å². The molecule has 2 aliphatic rings. The minimum absolute atomic E-state index is 0.437. The van der Waals surface area contributed by atoms with Crippen molar-refractivity contribution in [3.05, 3.63) is 12.4 Å². The molecule has 0 amide bonds. The summed E-state index contributed by atoms with van der Waals surface area (Å²) in [6, 6.07) is 0. The highest BCUT2D eigenvalue weighted by Crippen LogP contribution is 2.40. The van der Waals surface area contributed by atoms with E-state index in [9.17, 15) is 8.78 Å². The zero-order valence-electron chi connectivity index (χ0n) is 13.1. The zero-order chi connectivity index (χ0) is 16.0. The Morgan fingerprint density at radius 1 is 1.22 bits per heavy atom. The Morgan fingerprint density at radius 2 is 1.96 bits per heavy atom. The van der Waals surface area contributed by atoms with Crippen molar-refractivity contribution >= 4 is 17.0 Å². The van der Waals surface area contributed by atoms with Gasteiger partial charge in [-0.3, -0.25) is 0 Å². The average Bonchev–Trinajstić information content (AvgIpc) is 2.88. The van der Waals surface area contributed by atoms with Gasteiger partial charge in [0.1, 0.15) is 17.9 Å². The maximum absolute atomic E-state index is 12.6. The van der Waals surface area contributed by atoms with Gasteiger partial charge in [0.25, 0.3) is 6.43 Å². The van der Waals surface area contributed by atoms with Crippen molar-refractivity contribution in [1.29, 1.82) is 0 Å². The SMILES string of the molecule is CN1CC2(CCN(c3cnc4cnn(CC(F)F)c4n3)CC2)C1. The Bertz CT molecular complexity index is 699. The summed E-state index contributed by atoms with van der Waals surface area (Å²) in [5.74, 6) is 0.760. The van der Waals surface area contributed by atoms with E-state index in [1.54, 1.807) is 6.20 Å². The summed E-state index contributed by atoms with van der Waals surface area (Å²) in [5, 5.41) is 3.96. The van der Waals surface area contributed by atoms with E-state index in [-0.39, 0.29) is 0 Å². The largest absolute Gasteiger partial charge is 0.355 e. The lowest BCUT2D eigenvalue weighted by molar-refractivity contribution is 0.00121. The monoisotopic (exact) mass is 322 g/mol. The van der Waals surface area contributed by atoms with Crippen molar-refractivity contribution in [2.75, 3.05) is 38.1 Å². The molecule has 0 radical (unpaired) electrons. The minimum atomic E-state index is -2.45. The number of rotatable bonds is 3. The van der Waals surface area contributed by atoms with Gasteiger partial charge in [0.05, 0.1) is 12.4 Å². The number of anilines is 1. The topological polar surface area (TPSA) is 50.1 Å². The molecule has 0 aromatic carbocycles. The number of piperidine rings is 1. The van der Waals surface area contributed by atoms with E-state index in [1.807, 2.05) is 0 Å². The molecule has 2 aliphatic heterocycles. The molecule has 2 aromatic heterocycles. The quantitative estimate of drug-likeness (QED) is 0.859. The van der Waals surface area contributed by atoms with Crippen LogP contribution in [-0.4, -0.2) is 64.3 Å². The van der Waals surface area contributed by atoms with Gasteiger partial charge in [-0.05, 0) is 25.3 Å². The number of aromatic nitrogens is 4. The molecule has 4 rings (SSSR count). The molecular weight excluding hydrogens is 302 g/mol. The van der Waals surface area contributed by atoms with Crippen LogP contribution in [0.3, 0.4) is 0 Å². The summed E-state index contributed by atoms with van der Waals surface area (Å²) in [7, 11) is 2.15. The standard InChI is InChI=1S/C15H20F2N6/c1-21-9-15(10-21)2-4-22(5-3-15)13-7-18-11-6-19-23(8-12(16)17)14(11)20-13/h6-7,12H,2-5,8-10H2,1H3. The first-order valence-electron chi connectivity index (χ1n) is 7.95. The van der Waals surface area contributed by atoms with Gasteiger partial charge in [-0.15, -0.1) is 0 Å². The van der Waals surface area contributed by atoms with E-state index < -0.39 is 13.0 Å². The smallest absolute Gasteiger partial charge is 0.258 e. The van der Waals surface area contributed by atoms with Crippen LogP contribution in [0.4, 0.5) is 14.6 Å². The maximum Gasteiger partial charge on any atom is 0.258 e. The molecule has 0 saturated carbocycles. The Kier molecular flexibility index (Phi) is 3.44. The molecule has 2 aromatic rings. The van der Waals surface area contributed by atoms with Gasteiger partial charge in [0.2, 0.25) is 0 Å². The number of hydrogen-bond donors (Lipinski definition) is 0. The number of hydrogen-bond acceptors (Lipinski definition) is 5. The first-order valence-corrected chi connectivity index (χ1v) is 7.95. The molecule has 8 heteroatoms. The molecular formula is C15H20F2N6. The van der Waals surface area contributed by atoms with Crippen LogP contribution in [0.2, 0.25) is 0 Å². The average molecular weight is 322 g/mol. The van der Waals surface area contributed by atoms with Gasteiger partial charge in [-0.2, -0.15) is 5.10 Å². The Labute approximate surface area is 133 Å². The molecule has 0 unspecified atom stereocenters. The molecule has 2 saturated heterocycles. The first-order chi connectivity index (χ1) is 11.0. The van der Waals surface area contributed by atoms with Crippen LogP contribution >= 0.6 is 0 Å². The molecule has 124 valence electrons. The predicted octanol–water partition coefficient (Wildman–Crippen LogP) is 1.62. The second-order valence-electron chi connectivity index (χ2n) is 6.81. The van der Waals surface area contributed by atoms with Crippen molar-refractivity contribution in [1.82, 2.24) is 24.6 Å². The van der Waals surface area contributed by atoms with Gasteiger partial charge in [-0.1, -0.05) is 0 Å². The zero-order valence-corrected chi connectivity index (χ0v) is 13.1. The fraction of sp³-hybridized carbons (Fsp3) is 0.667. The van der Waals surface area contributed by atoms with Crippen LogP contribution in [0.25, 0.3) is 11.2 Å². The van der Waals surface area contributed by atoms with E-state index in [0.717, 1.165) is 31.7 Å². The van der Waals surface area contributed by atoms with E-state index >= 15 is 0 Å². The van der Waals surface area contributed by atoms with Crippen molar-refractivity contribution in [3.63, 3.8) is 0 Å². The van der Waals surface area contributed by atoms with Crippen LogP contribution < -0.4 is 4.90 Å². The minimum Gasteiger partial charge on any atom is -0.355 e. The van der Waals surface area contributed by atoms with Crippen molar-refractivity contribution in [2.45, 2.75) is 25.8 Å². The van der Waals surface area contributed by atoms with Crippen LogP contribution in [0.1, 0.15) is 12.8 Å². The number of fused-ring (bicyclic) bond motifs is 1. The number of alkyl halides is 2. The van der Waals surface area contributed by atoms with Crippen LogP contribution in [0.5, 0.6) is 0 Å². The molecule has 0 bridgehead atoms. The fourth-order valence-corrected chi connectivity index (χ4v) is 3.88. The summed E-state index contributed by atoms with van der Waals surface area (Å²) in [6.45, 7) is 3.78. The highest BCUT2D eigenvalue weighted by Gasteiger charge is 2.43. The van der Waals surface area contributed by atoms with Gasteiger partial charge in [0.15, 0.2) is 5.65 Å². The highest BCUT2D eigenvalue weighted by atomic mass is 19.3. The summed E-state index contributed by atoms with van der Waals surface area (Å²) < 4.78 is 26.5. The lowest BCUT2D eigenvalue weighted by Gasteiger charge is -2.53. The third kappa shape index (κ3) is 2.65. The number of nitrogens with zero attached hydrogens (tertiary/aromatic N) is 6. The Morgan fingerprint density at radius 3 is 2.61 bits per heavy atom. The summed E-state index contributed by atoms with van der Waals surface area (Å²) in [6.07, 6.45) is 3.06. The molecule has 0 aliphatic carbocycles. The lowest BCUT2D eigenvalue weighted by Crippen LogP contribution is -2.58. The maximum atomic E-state index is 12.6. The van der Waals surface area contributed by atoms with Crippen molar-refractivity contribution < 1.29 is 8.78 Å². The normalized spacial score (nSPS) is 21.3.